The fourth-order valence-electron chi connectivity index (χ4n) is 12.0. The minimum Gasteiger partial charge on any atom is -0.311 e. The summed E-state index contributed by atoms with van der Waals surface area (Å²) < 4.78 is 2.76. The topological polar surface area (TPSA) is 4.93 Å². The molecule has 7 aromatic carbocycles. The van der Waals surface area contributed by atoms with Crippen molar-refractivity contribution in [2.24, 2.45) is 0 Å². The molecule has 0 amide bonds. The Morgan fingerprint density at radius 3 is 0.875 bits per heavy atom. The van der Waals surface area contributed by atoms with Gasteiger partial charge in [-0.25, -0.2) is 0 Å². The quantitative estimate of drug-likeness (QED) is 0.168. The van der Waals surface area contributed by atoms with Gasteiger partial charge in [0.25, 0.3) is 0 Å². The van der Waals surface area contributed by atoms with Crippen LogP contribution in [0.15, 0.2) is 133 Å². The van der Waals surface area contributed by atoms with Crippen molar-refractivity contribution in [3.63, 3.8) is 0 Å². The van der Waals surface area contributed by atoms with Gasteiger partial charge in [-0.15, -0.1) is 0 Å². The van der Waals surface area contributed by atoms with E-state index in [0.29, 0.717) is 0 Å². The van der Waals surface area contributed by atoms with Crippen LogP contribution in [-0.2, 0) is 0 Å². The number of aromatic nitrogens is 1. The molecule has 6 heteroatoms. The summed E-state index contributed by atoms with van der Waals surface area (Å²) in [5, 5.41) is 2.79. The van der Waals surface area contributed by atoms with Crippen LogP contribution in [0.3, 0.4) is 0 Å². The highest BCUT2D eigenvalue weighted by atomic mass is 15.0. The van der Waals surface area contributed by atoms with Gasteiger partial charge in [-0.05, 0) is 10.9 Å². The van der Waals surface area contributed by atoms with E-state index in [9.17, 15) is 0 Å². The van der Waals surface area contributed by atoms with Gasteiger partial charge in [0, 0.05) is 27.5 Å². The zero-order chi connectivity index (χ0) is 30.6. The number of benzene rings is 7. The first kappa shape index (κ1) is 23.9. The summed E-state index contributed by atoms with van der Waals surface area (Å²) in [5.41, 5.74) is 27.2. The third-order valence-corrected chi connectivity index (χ3v) is 13.3. The molecule has 1 aromatic heterocycles. The molecule has 0 radical (unpaired) electrons. The minimum absolute atomic E-state index is 0.213. The van der Waals surface area contributed by atoms with E-state index in [0.717, 1.165) is 0 Å². The van der Waals surface area contributed by atoms with Crippen LogP contribution in [0.4, 0.5) is 0 Å². The third-order valence-electron chi connectivity index (χ3n) is 13.3. The SMILES string of the molecule is c1ccc2c(c1)B1c3ccccc3B3c4ccccc4B4c5c3c1c1c3c5-n5c6c(cccc6c6cccc4c65)B3c3ccccc3B21. The maximum atomic E-state index is 2.76. The first-order chi connectivity index (χ1) is 23.9. The number of hydrogen-bond donors (Lipinski definition) is 0. The largest absolute Gasteiger partial charge is 0.311 e. The predicted octanol–water partition coefficient (Wildman–Crippen LogP) is -2.75. The fourth-order valence-corrected chi connectivity index (χ4v) is 12.0. The fraction of sp³-hybridized carbons (Fsp3) is 0. The molecule has 0 N–H and O–H groups in total. The molecule has 210 valence electrons. The Labute approximate surface area is 280 Å². The average Bonchev–Trinajstić information content (AvgIpc) is 3.50. The molecule has 0 bridgehead atoms. The van der Waals surface area contributed by atoms with Crippen molar-refractivity contribution < 1.29 is 0 Å². The van der Waals surface area contributed by atoms with Gasteiger partial charge in [0.05, 0.1) is 0 Å². The van der Waals surface area contributed by atoms with E-state index in [-0.39, 0.29) is 33.6 Å². The Morgan fingerprint density at radius 2 is 0.542 bits per heavy atom. The van der Waals surface area contributed by atoms with Crippen molar-refractivity contribution in [1.82, 2.24) is 4.57 Å². The minimum atomic E-state index is 0.213. The number of para-hydroxylation sites is 2. The maximum Gasteiger partial charge on any atom is 0.245 e. The zero-order valence-corrected chi connectivity index (χ0v) is 26.0. The Morgan fingerprint density at radius 1 is 0.271 bits per heavy atom. The van der Waals surface area contributed by atoms with Crippen LogP contribution in [0.1, 0.15) is 0 Å². The van der Waals surface area contributed by atoms with Crippen molar-refractivity contribution in [1.29, 1.82) is 0 Å². The zero-order valence-electron chi connectivity index (χ0n) is 26.0. The normalized spacial score (nSPS) is 15.3. The first-order valence-corrected chi connectivity index (χ1v) is 17.5. The molecule has 0 atom stereocenters. The Kier molecular flexibility index (Phi) is 3.83. The van der Waals surface area contributed by atoms with E-state index in [2.05, 4.69) is 138 Å². The number of hydrogen-bond acceptors (Lipinski definition) is 0. The van der Waals surface area contributed by atoms with E-state index in [1.54, 1.807) is 27.3 Å². The summed E-state index contributed by atoms with van der Waals surface area (Å²) in [4.78, 5) is 0. The summed E-state index contributed by atoms with van der Waals surface area (Å²) in [6.07, 6.45) is 0. The van der Waals surface area contributed by atoms with Gasteiger partial charge in [0.1, 0.15) is 0 Å². The molecule has 6 aliphatic rings. The molecule has 0 aliphatic carbocycles. The van der Waals surface area contributed by atoms with Gasteiger partial charge in [-0.2, -0.15) is 0 Å². The Bertz CT molecular complexity index is 2710. The molecule has 6 aliphatic heterocycles. The van der Waals surface area contributed by atoms with E-state index < -0.39 is 0 Å². The van der Waals surface area contributed by atoms with E-state index in [1.807, 2.05) is 0 Å². The monoisotopic (exact) mass is 595 g/mol. The first-order valence-electron chi connectivity index (χ1n) is 17.5. The van der Waals surface area contributed by atoms with Crippen LogP contribution in [0.5, 0.6) is 0 Å². The predicted molar refractivity (Wildman–Crippen MR) is 210 cm³/mol. The lowest BCUT2D eigenvalue weighted by Crippen LogP contribution is -2.95. The van der Waals surface area contributed by atoms with Gasteiger partial charge < -0.3 is 4.57 Å². The van der Waals surface area contributed by atoms with E-state index >= 15 is 0 Å². The molecule has 8 aromatic rings. The molecule has 7 heterocycles. The number of nitrogens with zero attached hydrogens (tertiary/aromatic N) is 1. The van der Waals surface area contributed by atoms with Crippen LogP contribution < -0.4 is 81.9 Å². The highest BCUT2D eigenvalue weighted by molar-refractivity contribution is 7.25. The smallest absolute Gasteiger partial charge is 0.245 e. The summed E-state index contributed by atoms with van der Waals surface area (Å²) in [5.74, 6) is 0. The lowest BCUT2D eigenvalue weighted by molar-refractivity contribution is 1.20. The van der Waals surface area contributed by atoms with Gasteiger partial charge in [-0.3, -0.25) is 0 Å². The molecule has 14 rings (SSSR count). The average molecular weight is 595 g/mol. The van der Waals surface area contributed by atoms with Crippen molar-refractivity contribution in [3.8, 4) is 5.69 Å². The molecular weight excluding hydrogens is 573 g/mol. The van der Waals surface area contributed by atoms with Gasteiger partial charge in [0.15, 0.2) is 0 Å². The van der Waals surface area contributed by atoms with Gasteiger partial charge in [0.2, 0.25) is 33.6 Å². The summed E-state index contributed by atoms with van der Waals surface area (Å²) in [7, 11) is 0. The van der Waals surface area contributed by atoms with Crippen LogP contribution in [0.25, 0.3) is 27.5 Å². The van der Waals surface area contributed by atoms with Crippen LogP contribution >= 0.6 is 0 Å². The molecule has 0 unspecified atom stereocenters. The molecule has 0 spiro atoms. The standard InChI is InChI=1S/C42H22B5N/c1-3-15-27-25(13-1)43-26-14-2-4-16-28(26)45-30-18-6-8-20-32(30)47-34-22-10-12-24-23-11-9-21-33-40(23)48(41(24)34)42-38-36(35(43)37(45)39(42)47)44(27)29-17-5-7-19-31(29)46(33)38/h1-22H. The van der Waals surface area contributed by atoms with E-state index in [4.69, 9.17) is 0 Å². The van der Waals surface area contributed by atoms with Crippen molar-refractivity contribution in [2.45, 2.75) is 0 Å². The van der Waals surface area contributed by atoms with Crippen LogP contribution in [0, 0.1) is 0 Å². The molecule has 0 fully saturated rings. The summed E-state index contributed by atoms with van der Waals surface area (Å²) >= 11 is 0. The molecule has 0 saturated heterocycles. The van der Waals surface area contributed by atoms with Crippen molar-refractivity contribution >= 4 is 137 Å². The maximum absolute atomic E-state index is 2.76. The highest BCUT2D eigenvalue weighted by Gasteiger charge is 2.57. The molecule has 1 nitrogen and oxygen atoms in total. The number of rotatable bonds is 0. The van der Waals surface area contributed by atoms with Crippen LogP contribution in [-0.4, -0.2) is 38.1 Å². The second-order valence-electron chi connectivity index (χ2n) is 14.9. The lowest BCUT2D eigenvalue weighted by atomic mass is 9.07. The highest BCUT2D eigenvalue weighted by Crippen LogP contribution is 2.34. The van der Waals surface area contributed by atoms with Crippen molar-refractivity contribution in [3.05, 3.63) is 133 Å². The second kappa shape index (κ2) is 7.69. The molecule has 48 heavy (non-hydrogen) atoms. The third kappa shape index (κ3) is 2.30. The van der Waals surface area contributed by atoms with Crippen LogP contribution in [0.2, 0.25) is 0 Å². The Balaban J connectivity index is 1.32. The van der Waals surface area contributed by atoms with Gasteiger partial charge >= 0.3 is 0 Å². The van der Waals surface area contributed by atoms with Crippen molar-refractivity contribution in [2.75, 3.05) is 0 Å². The van der Waals surface area contributed by atoms with Gasteiger partial charge in [-0.1, -0.05) is 204 Å². The summed E-state index contributed by atoms with van der Waals surface area (Å²) in [6, 6.07) is 52.1. The van der Waals surface area contributed by atoms with E-state index in [1.165, 1.54) is 82.1 Å². The lowest BCUT2D eigenvalue weighted by Gasteiger charge is -2.50. The number of fused-ring (bicyclic) bond motifs is 15. The Hall–Kier alpha value is -5.34. The second-order valence-corrected chi connectivity index (χ2v) is 14.9. The molecular formula is C42H22B5N. The molecule has 0 saturated carbocycles. The summed E-state index contributed by atoms with van der Waals surface area (Å²) in [6.45, 7) is 1.10.